The molecule has 0 aromatic carbocycles. The average molecular weight is 177 g/mol. The maximum Gasteiger partial charge on any atom is 0.264 e. The van der Waals surface area contributed by atoms with Crippen molar-refractivity contribution in [1.82, 2.24) is 14.8 Å². The Morgan fingerprint density at radius 2 is 2.00 bits per heavy atom. The molecule has 2 heterocycles. The van der Waals surface area contributed by atoms with E-state index >= 15 is 0 Å². The Bertz CT molecular complexity index is 428. The number of nitrogens with zero attached hydrogens (tertiary/aromatic N) is 3. The van der Waals surface area contributed by atoms with Crippen LogP contribution in [0.1, 0.15) is 11.6 Å². The van der Waals surface area contributed by atoms with E-state index in [4.69, 9.17) is 4.42 Å². The van der Waals surface area contributed by atoms with Gasteiger partial charge in [0.1, 0.15) is 5.69 Å². The topological polar surface area (TPSA) is 43.9 Å². The van der Waals surface area contributed by atoms with Gasteiger partial charge >= 0.3 is 0 Å². The lowest BCUT2D eigenvalue weighted by molar-refractivity contribution is 0.528. The van der Waals surface area contributed by atoms with Crippen LogP contribution in [0.25, 0.3) is 11.6 Å². The van der Waals surface area contributed by atoms with Crippen molar-refractivity contribution in [2.75, 3.05) is 0 Å². The van der Waals surface area contributed by atoms with Crippen LogP contribution < -0.4 is 0 Å². The first-order valence-corrected chi connectivity index (χ1v) is 4.11. The summed E-state index contributed by atoms with van der Waals surface area (Å²) in [5.74, 6) is 1.17. The van der Waals surface area contributed by atoms with Crippen LogP contribution >= 0.6 is 0 Å². The molecule has 2 aromatic rings. The molecule has 13 heavy (non-hydrogen) atoms. The van der Waals surface area contributed by atoms with Gasteiger partial charge in [0.25, 0.3) is 5.89 Å². The third-order valence-corrected chi connectivity index (χ3v) is 2.12. The molecule has 0 aliphatic rings. The minimum absolute atomic E-state index is 0.577. The lowest BCUT2D eigenvalue weighted by atomic mass is 10.4. The van der Waals surface area contributed by atoms with Crippen LogP contribution in [0.5, 0.6) is 0 Å². The highest BCUT2D eigenvalue weighted by Crippen LogP contribution is 2.19. The predicted octanol–water partition coefficient (Wildman–Crippen LogP) is 1.69. The number of hydrogen-bond acceptors (Lipinski definition) is 3. The Labute approximate surface area is 76.2 Å². The molecule has 0 fully saturated rings. The van der Waals surface area contributed by atoms with Crippen LogP contribution in [-0.2, 0) is 7.05 Å². The van der Waals surface area contributed by atoms with Crippen molar-refractivity contribution in [1.29, 1.82) is 0 Å². The summed E-state index contributed by atoms with van der Waals surface area (Å²) in [6.07, 6.45) is 0. The van der Waals surface area contributed by atoms with Gasteiger partial charge in [-0.25, -0.2) is 0 Å². The van der Waals surface area contributed by atoms with Crippen molar-refractivity contribution in [3.8, 4) is 11.6 Å². The van der Waals surface area contributed by atoms with Gasteiger partial charge in [-0.3, -0.25) is 0 Å². The third kappa shape index (κ3) is 1.24. The van der Waals surface area contributed by atoms with Crippen LogP contribution in [0.4, 0.5) is 0 Å². The largest absolute Gasteiger partial charge is 0.420 e. The molecule has 68 valence electrons. The summed E-state index contributed by atoms with van der Waals surface area (Å²) in [7, 11) is 1.98. The van der Waals surface area contributed by atoms with Crippen molar-refractivity contribution >= 4 is 0 Å². The van der Waals surface area contributed by atoms with Crippen LogP contribution in [-0.4, -0.2) is 14.8 Å². The van der Waals surface area contributed by atoms with E-state index in [0.29, 0.717) is 11.8 Å². The van der Waals surface area contributed by atoms with Gasteiger partial charge in [-0.2, -0.15) is 0 Å². The fourth-order valence-corrected chi connectivity index (χ4v) is 1.23. The SMILES string of the molecule is Cc1nnc(-c2ccc(C)n2C)o1. The zero-order chi connectivity index (χ0) is 9.42. The molecular weight excluding hydrogens is 166 g/mol. The van der Waals surface area contributed by atoms with E-state index in [1.807, 2.05) is 30.7 Å². The van der Waals surface area contributed by atoms with Gasteiger partial charge in [0.15, 0.2) is 0 Å². The normalized spacial score (nSPS) is 10.7. The molecule has 0 bridgehead atoms. The zero-order valence-corrected chi connectivity index (χ0v) is 7.90. The van der Waals surface area contributed by atoms with Gasteiger partial charge in [0.2, 0.25) is 5.89 Å². The molecule has 4 nitrogen and oxygen atoms in total. The van der Waals surface area contributed by atoms with Gasteiger partial charge in [0, 0.05) is 19.7 Å². The molecular formula is C9H11N3O. The fourth-order valence-electron chi connectivity index (χ4n) is 1.23. The highest BCUT2D eigenvalue weighted by molar-refractivity contribution is 5.48. The summed E-state index contributed by atoms with van der Waals surface area (Å²) in [5.41, 5.74) is 2.13. The molecule has 0 radical (unpaired) electrons. The molecule has 0 saturated carbocycles. The molecule has 0 aliphatic heterocycles. The van der Waals surface area contributed by atoms with E-state index < -0.39 is 0 Å². The van der Waals surface area contributed by atoms with Crippen LogP contribution in [0, 0.1) is 13.8 Å². The second kappa shape index (κ2) is 2.73. The molecule has 0 saturated heterocycles. The Morgan fingerprint density at radius 1 is 1.23 bits per heavy atom. The van der Waals surface area contributed by atoms with Crippen LogP contribution in [0.3, 0.4) is 0 Å². The summed E-state index contributed by atoms with van der Waals surface area (Å²) in [4.78, 5) is 0. The maximum atomic E-state index is 5.32. The summed E-state index contributed by atoms with van der Waals surface area (Å²) < 4.78 is 7.34. The van der Waals surface area contributed by atoms with E-state index in [1.165, 1.54) is 5.69 Å². The molecule has 0 unspecified atom stereocenters. The summed E-state index contributed by atoms with van der Waals surface area (Å²) in [6.45, 7) is 3.82. The first-order chi connectivity index (χ1) is 6.18. The molecule has 0 amide bonds. The highest BCUT2D eigenvalue weighted by Gasteiger charge is 2.09. The molecule has 4 heteroatoms. The number of hydrogen-bond donors (Lipinski definition) is 0. The van der Waals surface area contributed by atoms with Gasteiger partial charge in [0.05, 0.1) is 0 Å². The van der Waals surface area contributed by atoms with Crippen LogP contribution in [0.15, 0.2) is 16.5 Å². The van der Waals surface area contributed by atoms with E-state index in [-0.39, 0.29) is 0 Å². The van der Waals surface area contributed by atoms with Gasteiger partial charge < -0.3 is 8.98 Å². The molecule has 0 atom stereocenters. The Morgan fingerprint density at radius 3 is 2.46 bits per heavy atom. The van der Waals surface area contributed by atoms with Gasteiger partial charge in [-0.05, 0) is 19.1 Å². The maximum absolute atomic E-state index is 5.32. The molecule has 0 spiro atoms. The number of aryl methyl sites for hydroxylation is 2. The van der Waals surface area contributed by atoms with E-state index in [2.05, 4.69) is 10.2 Å². The lowest BCUT2D eigenvalue weighted by Gasteiger charge is -1.99. The van der Waals surface area contributed by atoms with Gasteiger partial charge in [-0.15, -0.1) is 10.2 Å². The quantitative estimate of drug-likeness (QED) is 0.665. The third-order valence-electron chi connectivity index (χ3n) is 2.12. The van der Waals surface area contributed by atoms with Crippen molar-refractivity contribution in [3.63, 3.8) is 0 Å². The van der Waals surface area contributed by atoms with Crippen LogP contribution in [0.2, 0.25) is 0 Å². The van der Waals surface area contributed by atoms with Crippen molar-refractivity contribution in [3.05, 3.63) is 23.7 Å². The zero-order valence-electron chi connectivity index (χ0n) is 7.90. The summed E-state index contributed by atoms with van der Waals surface area (Å²) in [6, 6.07) is 4.00. The summed E-state index contributed by atoms with van der Waals surface area (Å²) >= 11 is 0. The first kappa shape index (κ1) is 8.04. The summed E-state index contributed by atoms with van der Waals surface area (Å²) in [5, 5.41) is 7.74. The molecule has 2 rings (SSSR count). The predicted molar refractivity (Wildman–Crippen MR) is 48.2 cm³/mol. The monoisotopic (exact) mass is 177 g/mol. The standard InChI is InChI=1S/C9H11N3O/c1-6-4-5-8(12(6)3)9-11-10-7(2)13-9/h4-5H,1-3H3. The van der Waals surface area contributed by atoms with E-state index in [0.717, 1.165) is 5.69 Å². The lowest BCUT2D eigenvalue weighted by Crippen LogP contribution is -1.93. The molecule has 0 aliphatic carbocycles. The smallest absolute Gasteiger partial charge is 0.264 e. The Hall–Kier alpha value is -1.58. The first-order valence-electron chi connectivity index (χ1n) is 4.11. The van der Waals surface area contributed by atoms with E-state index in [1.54, 1.807) is 6.92 Å². The van der Waals surface area contributed by atoms with Crippen molar-refractivity contribution in [2.45, 2.75) is 13.8 Å². The minimum atomic E-state index is 0.577. The Balaban J connectivity index is 2.52. The average Bonchev–Trinajstić information content (AvgIpc) is 2.62. The van der Waals surface area contributed by atoms with Crippen molar-refractivity contribution < 1.29 is 4.42 Å². The number of rotatable bonds is 1. The highest BCUT2D eigenvalue weighted by atomic mass is 16.4. The van der Waals surface area contributed by atoms with E-state index in [9.17, 15) is 0 Å². The minimum Gasteiger partial charge on any atom is -0.420 e. The Kier molecular flexibility index (Phi) is 1.69. The fraction of sp³-hybridized carbons (Fsp3) is 0.333. The second-order valence-corrected chi connectivity index (χ2v) is 3.05. The van der Waals surface area contributed by atoms with Crippen molar-refractivity contribution in [2.24, 2.45) is 7.05 Å². The van der Waals surface area contributed by atoms with Gasteiger partial charge in [-0.1, -0.05) is 0 Å². The second-order valence-electron chi connectivity index (χ2n) is 3.05. The molecule has 0 N–H and O–H groups in total. The number of aromatic nitrogens is 3. The molecule has 2 aromatic heterocycles.